The second-order valence-electron chi connectivity index (χ2n) is 6.99. The molecule has 0 fully saturated rings. The van der Waals surface area contributed by atoms with Gasteiger partial charge >= 0.3 is 11.9 Å². The van der Waals surface area contributed by atoms with Gasteiger partial charge in [0.25, 0.3) is 0 Å². The van der Waals surface area contributed by atoms with Crippen LogP contribution in [0.3, 0.4) is 0 Å². The Balaban J connectivity index is 2.16. The molecule has 1 unspecified atom stereocenters. The van der Waals surface area contributed by atoms with E-state index in [9.17, 15) is 9.59 Å². The van der Waals surface area contributed by atoms with Crippen LogP contribution in [-0.4, -0.2) is 11.9 Å². The second-order valence-corrected chi connectivity index (χ2v) is 6.99. The SMILES string of the molecule is C=C(C)C(=O)OC1=CC=C(C2=CC(C)=C(OC(=O)C(=C)C)C(C)C2)CC1. The maximum absolute atomic E-state index is 11.8. The van der Waals surface area contributed by atoms with Crippen LogP contribution in [0.1, 0.15) is 47.0 Å². The first-order valence-corrected chi connectivity index (χ1v) is 8.75. The molecule has 0 N–H and O–H groups in total. The van der Waals surface area contributed by atoms with Crippen molar-refractivity contribution in [2.45, 2.75) is 47.0 Å². The Kier molecular flexibility index (Phi) is 6.19. The van der Waals surface area contributed by atoms with Crippen molar-refractivity contribution in [2.24, 2.45) is 5.92 Å². The molecule has 0 aromatic rings. The lowest BCUT2D eigenvalue weighted by atomic mass is 9.84. The predicted molar refractivity (Wildman–Crippen MR) is 102 cm³/mol. The van der Waals surface area contributed by atoms with Crippen LogP contribution in [-0.2, 0) is 19.1 Å². The third-order valence-corrected chi connectivity index (χ3v) is 4.40. The van der Waals surface area contributed by atoms with Crippen molar-refractivity contribution in [2.75, 3.05) is 0 Å². The summed E-state index contributed by atoms with van der Waals surface area (Å²) in [6, 6.07) is 0. The highest BCUT2D eigenvalue weighted by Crippen LogP contribution is 2.36. The largest absolute Gasteiger partial charge is 0.428 e. The van der Waals surface area contributed by atoms with Gasteiger partial charge in [-0.1, -0.05) is 32.2 Å². The fourth-order valence-corrected chi connectivity index (χ4v) is 2.97. The monoisotopic (exact) mass is 354 g/mol. The van der Waals surface area contributed by atoms with E-state index in [1.54, 1.807) is 13.8 Å². The van der Waals surface area contributed by atoms with Gasteiger partial charge < -0.3 is 9.47 Å². The topological polar surface area (TPSA) is 52.6 Å². The zero-order valence-electron chi connectivity index (χ0n) is 16.0. The van der Waals surface area contributed by atoms with Crippen LogP contribution < -0.4 is 0 Å². The summed E-state index contributed by atoms with van der Waals surface area (Å²) in [5.41, 5.74) is 4.19. The number of rotatable bonds is 5. The fourth-order valence-electron chi connectivity index (χ4n) is 2.97. The lowest BCUT2D eigenvalue weighted by Gasteiger charge is -2.26. The maximum Gasteiger partial charge on any atom is 0.338 e. The molecule has 2 aliphatic carbocycles. The normalized spacial score (nSPS) is 19.8. The van der Waals surface area contributed by atoms with E-state index in [4.69, 9.17) is 9.47 Å². The molecule has 0 spiro atoms. The van der Waals surface area contributed by atoms with Crippen molar-refractivity contribution in [3.05, 3.63) is 70.8 Å². The zero-order chi connectivity index (χ0) is 19.4. The molecular weight excluding hydrogens is 328 g/mol. The second kappa shape index (κ2) is 8.17. The predicted octanol–water partition coefficient (Wildman–Crippen LogP) is 5.07. The Bertz CT molecular complexity index is 787. The highest BCUT2D eigenvalue weighted by molar-refractivity contribution is 5.88. The van der Waals surface area contributed by atoms with E-state index in [1.165, 1.54) is 11.1 Å². The highest BCUT2D eigenvalue weighted by atomic mass is 16.5. The maximum atomic E-state index is 11.8. The van der Waals surface area contributed by atoms with E-state index in [0.717, 1.165) is 18.4 Å². The number of allylic oxidation sites excluding steroid dienone is 8. The molecule has 0 saturated heterocycles. The Morgan fingerprint density at radius 2 is 1.62 bits per heavy atom. The van der Waals surface area contributed by atoms with Gasteiger partial charge in [-0.25, -0.2) is 9.59 Å². The van der Waals surface area contributed by atoms with Crippen LogP contribution in [0, 0.1) is 5.92 Å². The summed E-state index contributed by atoms with van der Waals surface area (Å²) >= 11 is 0. The lowest BCUT2D eigenvalue weighted by Crippen LogP contribution is -2.16. The Morgan fingerprint density at radius 1 is 1.00 bits per heavy atom. The first-order chi connectivity index (χ1) is 12.2. The van der Waals surface area contributed by atoms with Gasteiger partial charge in [0.05, 0.1) is 0 Å². The van der Waals surface area contributed by atoms with Crippen molar-refractivity contribution in [3.8, 4) is 0 Å². The summed E-state index contributed by atoms with van der Waals surface area (Å²) in [6.07, 6.45) is 8.21. The minimum absolute atomic E-state index is 0.116. The highest BCUT2D eigenvalue weighted by Gasteiger charge is 2.25. The number of hydrogen-bond donors (Lipinski definition) is 0. The van der Waals surface area contributed by atoms with Gasteiger partial charge in [0.15, 0.2) is 0 Å². The third-order valence-electron chi connectivity index (χ3n) is 4.40. The number of esters is 2. The number of carbonyl (C=O) groups is 2. The zero-order valence-corrected chi connectivity index (χ0v) is 16.0. The van der Waals surface area contributed by atoms with E-state index in [1.807, 2.05) is 19.1 Å². The quantitative estimate of drug-likeness (QED) is 0.511. The summed E-state index contributed by atoms with van der Waals surface area (Å²) < 4.78 is 10.8. The van der Waals surface area contributed by atoms with Gasteiger partial charge in [-0.2, -0.15) is 0 Å². The molecule has 0 radical (unpaired) electrons. The van der Waals surface area contributed by atoms with E-state index >= 15 is 0 Å². The molecule has 2 rings (SSSR count). The van der Waals surface area contributed by atoms with Crippen LogP contribution in [0.5, 0.6) is 0 Å². The molecule has 0 saturated carbocycles. The van der Waals surface area contributed by atoms with E-state index in [2.05, 4.69) is 26.2 Å². The minimum Gasteiger partial charge on any atom is -0.428 e. The summed E-state index contributed by atoms with van der Waals surface area (Å²) in [4.78, 5) is 23.4. The molecule has 4 nitrogen and oxygen atoms in total. The van der Waals surface area contributed by atoms with Crippen molar-refractivity contribution < 1.29 is 19.1 Å². The molecule has 0 aromatic carbocycles. The van der Waals surface area contributed by atoms with Crippen molar-refractivity contribution in [1.29, 1.82) is 0 Å². The molecule has 2 aliphatic rings. The molecule has 0 aliphatic heterocycles. The summed E-state index contributed by atoms with van der Waals surface area (Å²) in [5.74, 6) is 0.721. The fraction of sp³-hybridized carbons (Fsp3) is 0.364. The molecule has 26 heavy (non-hydrogen) atoms. The van der Waals surface area contributed by atoms with Gasteiger partial charge in [-0.05, 0) is 56.4 Å². The van der Waals surface area contributed by atoms with Gasteiger partial charge in [-0.15, -0.1) is 0 Å². The van der Waals surface area contributed by atoms with Gasteiger partial charge in [0.1, 0.15) is 11.5 Å². The molecule has 0 amide bonds. The molecule has 1 atom stereocenters. The van der Waals surface area contributed by atoms with E-state index < -0.39 is 0 Å². The molecule has 0 heterocycles. The summed E-state index contributed by atoms with van der Waals surface area (Å²) in [7, 11) is 0. The molecule has 4 heteroatoms. The average molecular weight is 354 g/mol. The van der Waals surface area contributed by atoms with Crippen molar-refractivity contribution in [3.63, 3.8) is 0 Å². The van der Waals surface area contributed by atoms with Crippen molar-refractivity contribution >= 4 is 11.9 Å². The van der Waals surface area contributed by atoms with Crippen LogP contribution in [0.15, 0.2) is 70.8 Å². The summed E-state index contributed by atoms with van der Waals surface area (Å²) in [6.45, 7) is 14.5. The molecular formula is C22H26O4. The first kappa shape index (κ1) is 19.7. The van der Waals surface area contributed by atoms with Crippen molar-refractivity contribution in [1.82, 2.24) is 0 Å². The third kappa shape index (κ3) is 4.72. The van der Waals surface area contributed by atoms with E-state index in [0.29, 0.717) is 29.1 Å². The minimum atomic E-state index is -0.388. The first-order valence-electron chi connectivity index (χ1n) is 8.75. The number of carbonyl (C=O) groups excluding carboxylic acids is 2. The molecule has 0 bridgehead atoms. The smallest absolute Gasteiger partial charge is 0.338 e. The molecule has 138 valence electrons. The Hall–Kier alpha value is -2.62. The van der Waals surface area contributed by atoms with Crippen LogP contribution in [0.4, 0.5) is 0 Å². The van der Waals surface area contributed by atoms with Crippen LogP contribution in [0.25, 0.3) is 0 Å². The van der Waals surface area contributed by atoms with Gasteiger partial charge in [-0.3, -0.25) is 0 Å². The summed E-state index contributed by atoms with van der Waals surface area (Å²) in [5, 5.41) is 0. The van der Waals surface area contributed by atoms with E-state index in [-0.39, 0.29) is 17.9 Å². The molecule has 0 aromatic heterocycles. The van der Waals surface area contributed by atoms with Gasteiger partial charge in [0.2, 0.25) is 0 Å². The van der Waals surface area contributed by atoms with Crippen LogP contribution in [0.2, 0.25) is 0 Å². The number of ether oxygens (including phenoxy) is 2. The average Bonchev–Trinajstić information content (AvgIpc) is 2.58. The Labute approximate surface area is 155 Å². The van der Waals surface area contributed by atoms with Gasteiger partial charge in [0, 0.05) is 23.5 Å². The number of hydrogen-bond acceptors (Lipinski definition) is 4. The Morgan fingerprint density at radius 3 is 2.12 bits per heavy atom. The lowest BCUT2D eigenvalue weighted by molar-refractivity contribution is -0.136. The standard InChI is InChI=1S/C22H26O4/c1-13(2)21(23)25-19-9-7-17(8-10-19)18-11-15(5)20(16(6)12-18)26-22(24)14(3)4/h7,9,11,16H,1,3,8,10,12H2,2,4-6H3. The van der Waals surface area contributed by atoms with Crippen LogP contribution >= 0.6 is 0 Å².